The molecule has 152 valence electrons. The lowest BCUT2D eigenvalue weighted by atomic mass is 10.2. The van der Waals surface area contributed by atoms with Crippen LogP contribution in [0, 0.1) is 0 Å². The Morgan fingerprint density at radius 2 is 1.97 bits per heavy atom. The molecular formula is C21H16BrN3O4S. The number of thiazole rings is 1. The van der Waals surface area contributed by atoms with Crippen molar-refractivity contribution in [1.82, 2.24) is 15.1 Å². The van der Waals surface area contributed by atoms with Crippen LogP contribution in [0.2, 0.25) is 0 Å². The van der Waals surface area contributed by atoms with Gasteiger partial charge < -0.3 is 14.0 Å². The number of hydrogen-bond acceptors (Lipinski definition) is 8. The molecule has 0 spiro atoms. The van der Waals surface area contributed by atoms with E-state index in [9.17, 15) is 4.79 Å². The van der Waals surface area contributed by atoms with E-state index in [-0.39, 0.29) is 18.9 Å². The molecule has 0 radical (unpaired) electrons. The number of hydrogen-bond donors (Lipinski definition) is 0. The molecule has 0 unspecified atom stereocenters. The molecule has 0 bridgehead atoms. The van der Waals surface area contributed by atoms with Crippen LogP contribution >= 0.6 is 27.3 Å². The number of rotatable bonds is 7. The monoisotopic (exact) mass is 485 g/mol. The number of aromatic nitrogens is 3. The number of methoxy groups -OCH3 is 1. The van der Waals surface area contributed by atoms with Gasteiger partial charge in [-0.2, -0.15) is 4.98 Å². The molecule has 2 aromatic heterocycles. The summed E-state index contributed by atoms with van der Waals surface area (Å²) in [6, 6.07) is 15.1. The maximum atomic E-state index is 12.2. The zero-order chi connectivity index (χ0) is 20.9. The summed E-state index contributed by atoms with van der Waals surface area (Å²) in [4.78, 5) is 20.9. The molecule has 4 rings (SSSR count). The van der Waals surface area contributed by atoms with E-state index in [1.165, 1.54) is 11.3 Å². The van der Waals surface area contributed by atoms with Crippen LogP contribution in [-0.2, 0) is 22.6 Å². The molecule has 30 heavy (non-hydrogen) atoms. The van der Waals surface area contributed by atoms with Crippen LogP contribution < -0.4 is 4.74 Å². The Bertz CT molecular complexity index is 1160. The number of esters is 1. The summed E-state index contributed by atoms with van der Waals surface area (Å²) in [5, 5.41) is 6.60. The highest BCUT2D eigenvalue weighted by molar-refractivity contribution is 9.10. The summed E-state index contributed by atoms with van der Waals surface area (Å²) in [6.45, 7) is -0.0880. The third-order valence-electron chi connectivity index (χ3n) is 4.12. The van der Waals surface area contributed by atoms with Crippen molar-refractivity contribution in [3.05, 3.63) is 70.0 Å². The van der Waals surface area contributed by atoms with Gasteiger partial charge in [-0.05, 0) is 36.4 Å². The molecule has 0 aliphatic rings. The highest BCUT2D eigenvalue weighted by atomic mass is 79.9. The van der Waals surface area contributed by atoms with Crippen LogP contribution in [-0.4, -0.2) is 28.2 Å². The summed E-state index contributed by atoms with van der Waals surface area (Å²) in [7, 11) is 1.62. The molecule has 0 saturated heterocycles. The largest absolute Gasteiger partial charge is 0.497 e. The first-order valence-electron chi connectivity index (χ1n) is 8.93. The topological polar surface area (TPSA) is 87.3 Å². The molecule has 0 N–H and O–H groups in total. The molecule has 2 aromatic carbocycles. The zero-order valence-corrected chi connectivity index (χ0v) is 18.3. The van der Waals surface area contributed by atoms with Crippen LogP contribution in [0.4, 0.5) is 0 Å². The Morgan fingerprint density at radius 3 is 2.73 bits per heavy atom. The van der Waals surface area contributed by atoms with Gasteiger partial charge in [0.05, 0.1) is 19.2 Å². The molecule has 0 fully saturated rings. The van der Waals surface area contributed by atoms with Gasteiger partial charge in [0.1, 0.15) is 10.8 Å². The van der Waals surface area contributed by atoms with Crippen molar-refractivity contribution in [2.45, 2.75) is 13.0 Å². The van der Waals surface area contributed by atoms with Gasteiger partial charge in [-0.1, -0.05) is 33.2 Å². The Labute approximate surface area is 184 Å². The van der Waals surface area contributed by atoms with Crippen LogP contribution in [0.25, 0.3) is 22.0 Å². The number of carbonyl (C=O) groups excluding carboxylic acids is 1. The van der Waals surface area contributed by atoms with Gasteiger partial charge in [-0.3, -0.25) is 4.79 Å². The molecule has 0 aliphatic carbocycles. The number of ether oxygens (including phenoxy) is 2. The maximum absolute atomic E-state index is 12.2. The van der Waals surface area contributed by atoms with E-state index in [4.69, 9.17) is 14.0 Å². The summed E-state index contributed by atoms with van der Waals surface area (Å²) < 4.78 is 16.5. The summed E-state index contributed by atoms with van der Waals surface area (Å²) in [5.41, 5.74) is 2.42. The fourth-order valence-corrected chi connectivity index (χ4v) is 3.88. The van der Waals surface area contributed by atoms with E-state index in [2.05, 4.69) is 31.1 Å². The quantitative estimate of drug-likeness (QED) is 0.343. The summed E-state index contributed by atoms with van der Waals surface area (Å²) >= 11 is 4.87. The van der Waals surface area contributed by atoms with Crippen molar-refractivity contribution in [2.24, 2.45) is 0 Å². The van der Waals surface area contributed by atoms with E-state index in [1.54, 1.807) is 7.11 Å². The van der Waals surface area contributed by atoms with Gasteiger partial charge >= 0.3 is 5.97 Å². The van der Waals surface area contributed by atoms with Crippen molar-refractivity contribution in [3.8, 4) is 27.7 Å². The molecule has 0 amide bonds. The van der Waals surface area contributed by atoms with Crippen LogP contribution in [0.1, 0.15) is 11.6 Å². The fourth-order valence-electron chi connectivity index (χ4n) is 2.65. The number of halogens is 1. The standard InChI is InChI=1S/C21H16BrN3O4S/c1-27-17-7-5-13(6-8-17)21-23-16(12-30-21)10-19(26)28-11-18-24-20(25-29-18)14-3-2-4-15(22)9-14/h2-9,12H,10-11H2,1H3. The summed E-state index contributed by atoms with van der Waals surface area (Å²) in [5.74, 6) is 1.04. The SMILES string of the molecule is COc1ccc(-c2nc(CC(=O)OCc3nc(-c4cccc(Br)c4)no3)cs2)cc1. The van der Waals surface area contributed by atoms with Crippen LogP contribution in [0.5, 0.6) is 5.75 Å². The predicted molar refractivity (Wildman–Crippen MR) is 115 cm³/mol. The van der Waals surface area contributed by atoms with E-state index in [0.29, 0.717) is 11.5 Å². The van der Waals surface area contributed by atoms with E-state index in [1.807, 2.05) is 53.9 Å². The van der Waals surface area contributed by atoms with Gasteiger partial charge in [0.15, 0.2) is 6.61 Å². The molecule has 9 heteroatoms. The minimum absolute atomic E-state index is 0.0687. The van der Waals surface area contributed by atoms with Crippen LogP contribution in [0.3, 0.4) is 0 Å². The molecule has 4 aromatic rings. The van der Waals surface area contributed by atoms with Crippen LogP contribution in [0.15, 0.2) is 62.9 Å². The molecule has 0 saturated carbocycles. The first kappa shape index (κ1) is 20.2. The first-order valence-corrected chi connectivity index (χ1v) is 10.6. The molecule has 0 aliphatic heterocycles. The average Bonchev–Trinajstić information content (AvgIpc) is 3.42. The van der Waals surface area contributed by atoms with E-state index in [0.717, 1.165) is 26.4 Å². The van der Waals surface area contributed by atoms with Gasteiger partial charge in [0.2, 0.25) is 5.82 Å². The Kier molecular flexibility index (Phi) is 6.20. The highest BCUT2D eigenvalue weighted by Crippen LogP contribution is 2.26. The normalized spacial score (nSPS) is 10.7. The maximum Gasteiger partial charge on any atom is 0.312 e. The Morgan fingerprint density at radius 1 is 1.13 bits per heavy atom. The third kappa shape index (κ3) is 4.92. The lowest BCUT2D eigenvalue weighted by Crippen LogP contribution is -2.08. The second-order valence-electron chi connectivity index (χ2n) is 6.23. The average molecular weight is 486 g/mol. The number of benzene rings is 2. The Hall–Kier alpha value is -3.04. The van der Waals surface area contributed by atoms with Crippen molar-refractivity contribution in [2.75, 3.05) is 7.11 Å². The number of carbonyl (C=O) groups is 1. The lowest BCUT2D eigenvalue weighted by Gasteiger charge is -2.01. The third-order valence-corrected chi connectivity index (χ3v) is 5.56. The second-order valence-corrected chi connectivity index (χ2v) is 8.01. The molecule has 7 nitrogen and oxygen atoms in total. The fraction of sp³-hybridized carbons (Fsp3) is 0.143. The molecule has 0 atom stereocenters. The van der Waals surface area contributed by atoms with Crippen molar-refractivity contribution in [1.29, 1.82) is 0 Å². The van der Waals surface area contributed by atoms with Gasteiger partial charge in [-0.15, -0.1) is 11.3 Å². The van der Waals surface area contributed by atoms with Crippen molar-refractivity contribution in [3.63, 3.8) is 0 Å². The van der Waals surface area contributed by atoms with Gasteiger partial charge in [0.25, 0.3) is 5.89 Å². The zero-order valence-electron chi connectivity index (χ0n) is 15.9. The highest BCUT2D eigenvalue weighted by Gasteiger charge is 2.14. The Balaban J connectivity index is 1.33. The molecule has 2 heterocycles. The lowest BCUT2D eigenvalue weighted by molar-refractivity contribution is -0.144. The minimum atomic E-state index is -0.413. The molecular weight excluding hydrogens is 470 g/mol. The minimum Gasteiger partial charge on any atom is -0.497 e. The van der Waals surface area contributed by atoms with E-state index >= 15 is 0 Å². The van der Waals surface area contributed by atoms with E-state index < -0.39 is 5.97 Å². The van der Waals surface area contributed by atoms with Crippen molar-refractivity contribution >= 4 is 33.2 Å². The predicted octanol–water partition coefficient (Wildman–Crippen LogP) is 4.92. The van der Waals surface area contributed by atoms with Crippen molar-refractivity contribution < 1.29 is 18.8 Å². The first-order chi connectivity index (χ1) is 14.6. The van der Waals surface area contributed by atoms with Gasteiger partial charge in [-0.25, -0.2) is 4.98 Å². The second kappa shape index (κ2) is 9.19. The van der Waals surface area contributed by atoms with Gasteiger partial charge in [0, 0.05) is 21.0 Å². The smallest absolute Gasteiger partial charge is 0.312 e. The summed E-state index contributed by atoms with van der Waals surface area (Å²) in [6.07, 6.45) is 0.0687. The number of nitrogens with zero attached hydrogens (tertiary/aromatic N) is 3.